The SMILES string of the molecule is CCCCCCCCCCCCc1c(S(=O)(=O)OO)c[c]([Na])[c]([Na])c1CCCCCCCCCCCC. The number of rotatable bonds is 24. The summed E-state index contributed by atoms with van der Waals surface area (Å²) >= 11 is 1.74. The van der Waals surface area contributed by atoms with Crippen LogP contribution in [0.5, 0.6) is 0 Å². The molecule has 0 fully saturated rings. The second-order valence-electron chi connectivity index (χ2n) is 11.2. The molecule has 1 N–H and O–H groups in total. The summed E-state index contributed by atoms with van der Waals surface area (Å²) in [5.74, 6) is 0. The topological polar surface area (TPSA) is 63.6 Å². The van der Waals surface area contributed by atoms with Gasteiger partial charge in [0.15, 0.2) is 0 Å². The molecule has 0 radical (unpaired) electrons. The Hall–Kier alpha value is 1.09. The Morgan fingerprint density at radius 2 is 0.973 bits per heavy atom. The molecular formula is C30H52Na2O4S. The molecule has 0 saturated carbocycles. The van der Waals surface area contributed by atoms with Gasteiger partial charge in [-0.2, -0.15) is 0 Å². The molecule has 0 unspecified atom stereocenters. The van der Waals surface area contributed by atoms with Crippen LogP contribution in [0.25, 0.3) is 0 Å². The van der Waals surface area contributed by atoms with Crippen LogP contribution < -0.4 is 5.63 Å². The monoisotopic (exact) mass is 554 g/mol. The van der Waals surface area contributed by atoms with Crippen molar-refractivity contribution in [1.29, 1.82) is 0 Å². The third-order valence-electron chi connectivity index (χ3n) is 7.98. The zero-order valence-corrected chi connectivity index (χ0v) is 29.5. The Morgan fingerprint density at radius 1 is 0.622 bits per heavy atom. The summed E-state index contributed by atoms with van der Waals surface area (Å²) in [5.41, 5.74) is 2.18. The minimum absolute atomic E-state index is 0.220. The fourth-order valence-electron chi connectivity index (χ4n) is 5.46. The van der Waals surface area contributed by atoms with E-state index in [2.05, 4.69) is 18.2 Å². The van der Waals surface area contributed by atoms with Crippen molar-refractivity contribution in [1.82, 2.24) is 0 Å². The molecule has 204 valence electrons. The van der Waals surface area contributed by atoms with Crippen LogP contribution in [0.2, 0.25) is 0 Å². The second-order valence-corrected chi connectivity index (χ2v) is 14.7. The molecule has 1 rings (SSSR count). The van der Waals surface area contributed by atoms with Crippen molar-refractivity contribution in [2.75, 3.05) is 0 Å². The number of unbranched alkanes of at least 4 members (excludes halogenated alkanes) is 18. The fourth-order valence-corrected chi connectivity index (χ4v) is 7.88. The van der Waals surface area contributed by atoms with Crippen molar-refractivity contribution >= 4 is 71.6 Å². The summed E-state index contributed by atoms with van der Waals surface area (Å²) in [5, 5.41) is 9.17. The summed E-state index contributed by atoms with van der Waals surface area (Å²) in [6, 6.07) is 1.79. The van der Waals surface area contributed by atoms with Crippen LogP contribution in [-0.2, 0) is 27.3 Å². The number of hydrogen-bond donors (Lipinski definition) is 1. The molecule has 0 spiro atoms. The first-order valence-corrected chi connectivity index (χ1v) is 19.0. The third kappa shape index (κ3) is 15.6. The van der Waals surface area contributed by atoms with Crippen molar-refractivity contribution < 1.29 is 18.0 Å². The van der Waals surface area contributed by atoms with E-state index in [-0.39, 0.29) is 4.90 Å². The van der Waals surface area contributed by atoms with Crippen molar-refractivity contribution in [2.24, 2.45) is 0 Å². The first kappa shape index (κ1) is 36.1. The van der Waals surface area contributed by atoms with E-state index in [1.807, 2.05) is 0 Å². The second kappa shape index (κ2) is 22.7. The van der Waals surface area contributed by atoms with E-state index in [0.29, 0.717) is 0 Å². The zero-order valence-electron chi connectivity index (χ0n) is 24.7. The normalized spacial score (nSPS) is 12.0. The molecule has 0 aliphatic rings. The van der Waals surface area contributed by atoms with Gasteiger partial charge in [-0.15, -0.1) is 0 Å². The molecule has 0 aliphatic heterocycles. The van der Waals surface area contributed by atoms with E-state index in [1.165, 1.54) is 118 Å². The molecule has 7 heteroatoms. The number of benzene rings is 1. The minimum atomic E-state index is -4.11. The summed E-state index contributed by atoms with van der Waals surface area (Å²) in [6.45, 7) is 4.52. The van der Waals surface area contributed by atoms with Gasteiger partial charge in [-0.1, -0.05) is 33.1 Å². The van der Waals surface area contributed by atoms with Gasteiger partial charge in [-0.3, -0.25) is 0 Å². The molecule has 4 nitrogen and oxygen atoms in total. The van der Waals surface area contributed by atoms with Crippen LogP contribution in [0.1, 0.15) is 153 Å². The van der Waals surface area contributed by atoms with E-state index in [0.717, 1.165) is 96.3 Å². The van der Waals surface area contributed by atoms with Gasteiger partial charge in [-0.25, -0.2) is 0 Å². The summed E-state index contributed by atoms with van der Waals surface area (Å²) < 4.78 is 31.8. The smallest absolute Gasteiger partial charge is 0.0654 e. The summed E-state index contributed by atoms with van der Waals surface area (Å²) in [7, 11) is -4.11. The van der Waals surface area contributed by atoms with Crippen LogP contribution in [0, 0.1) is 0 Å². The average molecular weight is 555 g/mol. The maximum absolute atomic E-state index is 12.6. The van der Waals surface area contributed by atoms with Crippen LogP contribution in [0.4, 0.5) is 0 Å². The Labute approximate surface area is 264 Å². The quantitative estimate of drug-likeness (QED) is 0.0627. The van der Waals surface area contributed by atoms with Gasteiger partial charge < -0.3 is 0 Å². The van der Waals surface area contributed by atoms with Gasteiger partial charge in [0.2, 0.25) is 0 Å². The van der Waals surface area contributed by atoms with E-state index in [1.54, 1.807) is 6.07 Å². The van der Waals surface area contributed by atoms with Crippen molar-refractivity contribution in [3.63, 3.8) is 0 Å². The summed E-state index contributed by atoms with van der Waals surface area (Å²) in [6.07, 6.45) is 27.4. The maximum atomic E-state index is 12.6. The van der Waals surface area contributed by atoms with Gasteiger partial charge >= 0.3 is 234 Å². The predicted octanol–water partition coefficient (Wildman–Crippen LogP) is 7.38. The molecule has 1 aromatic carbocycles. The summed E-state index contributed by atoms with van der Waals surface area (Å²) in [4.78, 5) is 0.220. The van der Waals surface area contributed by atoms with Gasteiger partial charge in [0.05, 0.1) is 0 Å². The minimum Gasteiger partial charge on any atom is -0.0654 e. The molecule has 0 atom stereocenters. The van der Waals surface area contributed by atoms with Crippen LogP contribution in [0.15, 0.2) is 11.0 Å². The molecule has 0 aliphatic carbocycles. The standard InChI is InChI=1S/C30H52O4S.2Na/c1-3-5-7-9-11-13-15-17-19-21-24-28-25-23-27-30(35(32,33)34-31)29(28)26-22-20-18-16-14-12-10-8-6-4-2;;/h27,31H,3-22,24,26H2,1-2H3;;. The van der Waals surface area contributed by atoms with Crippen LogP contribution in [0.3, 0.4) is 0 Å². The third-order valence-corrected chi connectivity index (χ3v) is 12.5. The molecule has 37 heavy (non-hydrogen) atoms. The van der Waals surface area contributed by atoms with Gasteiger partial charge in [0.25, 0.3) is 0 Å². The fraction of sp³-hybridized carbons (Fsp3) is 0.800. The van der Waals surface area contributed by atoms with Crippen LogP contribution in [-0.4, -0.2) is 69.5 Å². The average Bonchev–Trinajstić information content (AvgIpc) is 2.89. The van der Waals surface area contributed by atoms with E-state index in [4.69, 9.17) is 5.26 Å². The Bertz CT molecular complexity index is 827. The van der Waals surface area contributed by atoms with Gasteiger partial charge in [-0.05, 0) is 0 Å². The molecular weight excluding hydrogens is 502 g/mol. The predicted molar refractivity (Wildman–Crippen MR) is 159 cm³/mol. The first-order chi connectivity index (χ1) is 17.9. The Morgan fingerprint density at radius 3 is 1.35 bits per heavy atom. The Balaban J connectivity index is 2.64. The van der Waals surface area contributed by atoms with Crippen LogP contribution >= 0.6 is 0 Å². The van der Waals surface area contributed by atoms with E-state index < -0.39 is 10.1 Å². The molecule has 0 amide bonds. The number of hydrogen-bond acceptors (Lipinski definition) is 4. The van der Waals surface area contributed by atoms with E-state index >= 15 is 0 Å². The molecule has 0 heterocycles. The zero-order chi connectivity index (χ0) is 27.4. The molecule has 0 bridgehead atoms. The van der Waals surface area contributed by atoms with Crippen molar-refractivity contribution in [2.45, 2.75) is 160 Å². The van der Waals surface area contributed by atoms with Crippen molar-refractivity contribution in [3.8, 4) is 0 Å². The van der Waals surface area contributed by atoms with E-state index in [9.17, 15) is 8.42 Å². The molecule has 1 aromatic rings. The van der Waals surface area contributed by atoms with Gasteiger partial charge in [0.1, 0.15) is 0 Å². The van der Waals surface area contributed by atoms with Crippen molar-refractivity contribution in [3.05, 3.63) is 17.2 Å². The molecule has 0 saturated heterocycles. The molecule has 0 aromatic heterocycles. The van der Waals surface area contributed by atoms with Gasteiger partial charge in [0, 0.05) is 0 Å². The first-order valence-electron chi connectivity index (χ1n) is 15.6. The Kier molecular flexibility index (Phi) is 22.2.